The maximum Gasteiger partial charge on any atom is 0.303 e. The predicted molar refractivity (Wildman–Crippen MR) is 97.5 cm³/mol. The summed E-state index contributed by atoms with van der Waals surface area (Å²) in [6, 6.07) is 7.70. The lowest BCUT2D eigenvalue weighted by molar-refractivity contribution is 0.476. The summed E-state index contributed by atoms with van der Waals surface area (Å²) in [6.45, 7) is 1.19. The van der Waals surface area contributed by atoms with Crippen molar-refractivity contribution < 1.29 is 8.42 Å². The molecule has 126 valence electrons. The monoisotopic (exact) mass is 362 g/mol. The van der Waals surface area contributed by atoms with Gasteiger partial charge >= 0.3 is 10.2 Å². The molecule has 1 aliphatic rings. The van der Waals surface area contributed by atoms with Crippen LogP contribution in [0.15, 0.2) is 35.8 Å². The van der Waals surface area contributed by atoms with E-state index in [4.69, 9.17) is 0 Å². The Kier molecular flexibility index (Phi) is 3.82. The molecule has 24 heavy (non-hydrogen) atoms. The fourth-order valence-corrected chi connectivity index (χ4v) is 5.17. The third-order valence-electron chi connectivity index (χ3n) is 4.37. The minimum Gasteiger partial charge on any atom is -0.351 e. The molecule has 0 unspecified atom stereocenters. The molecule has 4 rings (SSSR count). The highest BCUT2D eigenvalue weighted by molar-refractivity contribution is 7.90. The predicted octanol–water partition coefficient (Wildman–Crippen LogP) is 3.07. The van der Waals surface area contributed by atoms with Crippen LogP contribution in [0.4, 0.5) is 5.69 Å². The SMILES string of the molecule is CN(c1cccc2cc(-c3nccs3)[nH]c12)S(=O)(=O)N1CCCC1. The molecule has 0 saturated carbocycles. The average molecular weight is 362 g/mol. The lowest BCUT2D eigenvalue weighted by atomic mass is 10.2. The van der Waals surface area contributed by atoms with Crippen LogP contribution in [0.5, 0.6) is 0 Å². The Morgan fingerprint density at radius 1 is 1.29 bits per heavy atom. The van der Waals surface area contributed by atoms with E-state index in [0.717, 1.165) is 34.4 Å². The minimum atomic E-state index is -3.49. The highest BCUT2D eigenvalue weighted by Crippen LogP contribution is 2.33. The van der Waals surface area contributed by atoms with Crippen LogP contribution in [-0.4, -0.2) is 42.8 Å². The van der Waals surface area contributed by atoms with Crippen molar-refractivity contribution in [3.05, 3.63) is 35.8 Å². The molecular weight excluding hydrogens is 344 g/mol. The number of rotatable bonds is 4. The van der Waals surface area contributed by atoms with E-state index in [-0.39, 0.29) is 0 Å². The maximum atomic E-state index is 12.8. The summed E-state index contributed by atoms with van der Waals surface area (Å²) >= 11 is 1.55. The molecule has 6 nitrogen and oxygen atoms in total. The van der Waals surface area contributed by atoms with Gasteiger partial charge in [0.15, 0.2) is 0 Å². The van der Waals surface area contributed by atoms with Crippen LogP contribution >= 0.6 is 11.3 Å². The molecule has 3 aromatic rings. The maximum absolute atomic E-state index is 12.8. The van der Waals surface area contributed by atoms with Crippen LogP contribution in [0.1, 0.15) is 12.8 Å². The number of thiazole rings is 1. The van der Waals surface area contributed by atoms with E-state index in [1.54, 1.807) is 28.9 Å². The molecule has 1 saturated heterocycles. The molecule has 2 aromatic heterocycles. The van der Waals surface area contributed by atoms with Gasteiger partial charge in [0.25, 0.3) is 0 Å². The van der Waals surface area contributed by atoms with Gasteiger partial charge in [0.05, 0.1) is 16.9 Å². The van der Waals surface area contributed by atoms with E-state index in [0.29, 0.717) is 18.8 Å². The summed E-state index contributed by atoms with van der Waals surface area (Å²) in [5, 5.41) is 3.79. The summed E-state index contributed by atoms with van der Waals surface area (Å²) < 4.78 is 28.6. The number of hydrogen-bond acceptors (Lipinski definition) is 4. The van der Waals surface area contributed by atoms with Crippen molar-refractivity contribution in [3.63, 3.8) is 0 Å². The van der Waals surface area contributed by atoms with Crippen molar-refractivity contribution in [3.8, 4) is 10.7 Å². The molecule has 8 heteroatoms. The Labute approximate surface area is 144 Å². The van der Waals surface area contributed by atoms with Gasteiger partial charge in [-0.3, -0.25) is 4.31 Å². The summed E-state index contributed by atoms with van der Waals surface area (Å²) in [6.07, 6.45) is 3.61. The van der Waals surface area contributed by atoms with Gasteiger partial charge < -0.3 is 4.98 Å². The lowest BCUT2D eigenvalue weighted by Gasteiger charge is -2.25. The third kappa shape index (κ3) is 2.51. The van der Waals surface area contributed by atoms with Gasteiger partial charge in [-0.25, -0.2) is 4.98 Å². The van der Waals surface area contributed by atoms with E-state index in [1.165, 1.54) is 4.31 Å². The van der Waals surface area contributed by atoms with Gasteiger partial charge in [0.1, 0.15) is 5.01 Å². The Balaban J connectivity index is 1.79. The van der Waals surface area contributed by atoms with Crippen molar-refractivity contribution in [1.29, 1.82) is 0 Å². The summed E-state index contributed by atoms with van der Waals surface area (Å²) in [7, 11) is -1.88. The summed E-state index contributed by atoms with van der Waals surface area (Å²) in [4.78, 5) is 7.65. The number of anilines is 1. The zero-order chi connectivity index (χ0) is 16.7. The van der Waals surface area contributed by atoms with Crippen LogP contribution in [0.2, 0.25) is 0 Å². The Morgan fingerprint density at radius 3 is 2.79 bits per heavy atom. The number of fused-ring (bicyclic) bond motifs is 1. The molecule has 3 heterocycles. The number of aromatic amines is 1. The molecule has 1 aromatic carbocycles. The first kappa shape index (κ1) is 15.6. The number of H-pyrrole nitrogens is 1. The first-order valence-corrected chi connectivity index (χ1v) is 10.1. The van der Waals surface area contributed by atoms with Gasteiger partial charge in [-0.05, 0) is 25.0 Å². The topological polar surface area (TPSA) is 69.3 Å². The van der Waals surface area contributed by atoms with Gasteiger partial charge in [0.2, 0.25) is 0 Å². The summed E-state index contributed by atoms with van der Waals surface area (Å²) in [5.74, 6) is 0. The standard InChI is InChI=1S/C16H18N4O2S2/c1-19(24(21,22)20-8-2-3-9-20)14-6-4-5-12-11-13(18-15(12)14)16-17-7-10-23-16/h4-7,10-11,18H,2-3,8-9H2,1H3. The van der Waals surface area contributed by atoms with E-state index < -0.39 is 10.2 Å². The lowest BCUT2D eigenvalue weighted by Crippen LogP contribution is -2.40. The highest BCUT2D eigenvalue weighted by Gasteiger charge is 2.30. The second kappa shape index (κ2) is 5.87. The highest BCUT2D eigenvalue weighted by atomic mass is 32.2. The fourth-order valence-electron chi connectivity index (χ4n) is 3.09. The fraction of sp³-hybridized carbons (Fsp3) is 0.312. The summed E-state index contributed by atoms with van der Waals surface area (Å²) in [5.41, 5.74) is 2.37. The zero-order valence-corrected chi connectivity index (χ0v) is 14.9. The molecule has 0 atom stereocenters. The Hall–Kier alpha value is -1.90. The average Bonchev–Trinajstić information content (AvgIpc) is 3.33. The smallest absolute Gasteiger partial charge is 0.303 e. The largest absolute Gasteiger partial charge is 0.351 e. The molecule has 1 fully saturated rings. The first-order chi connectivity index (χ1) is 11.6. The van der Waals surface area contributed by atoms with Crippen molar-refractivity contribution in [2.24, 2.45) is 0 Å². The number of para-hydroxylation sites is 1. The molecule has 0 aliphatic carbocycles. The molecular formula is C16H18N4O2S2. The van der Waals surface area contributed by atoms with Crippen LogP contribution in [0, 0.1) is 0 Å². The van der Waals surface area contributed by atoms with E-state index in [1.807, 2.05) is 29.6 Å². The molecule has 1 aliphatic heterocycles. The van der Waals surface area contributed by atoms with Crippen molar-refractivity contribution in [2.75, 3.05) is 24.4 Å². The molecule has 0 radical (unpaired) electrons. The van der Waals surface area contributed by atoms with E-state index >= 15 is 0 Å². The molecule has 0 spiro atoms. The molecule has 0 amide bonds. The van der Waals surface area contributed by atoms with Crippen LogP contribution in [-0.2, 0) is 10.2 Å². The first-order valence-electron chi connectivity index (χ1n) is 7.83. The minimum absolute atomic E-state index is 0.595. The molecule has 1 N–H and O–H groups in total. The number of hydrogen-bond donors (Lipinski definition) is 1. The second-order valence-corrected chi connectivity index (χ2v) is 8.70. The van der Waals surface area contributed by atoms with Crippen molar-refractivity contribution in [2.45, 2.75) is 12.8 Å². The van der Waals surface area contributed by atoms with Gasteiger partial charge in [-0.1, -0.05) is 12.1 Å². The normalized spacial score (nSPS) is 16.0. The molecule has 0 bridgehead atoms. The zero-order valence-electron chi connectivity index (χ0n) is 13.3. The van der Waals surface area contributed by atoms with Crippen molar-refractivity contribution in [1.82, 2.24) is 14.3 Å². The van der Waals surface area contributed by atoms with Gasteiger partial charge in [-0.15, -0.1) is 11.3 Å². The van der Waals surface area contributed by atoms with Crippen LogP contribution in [0.25, 0.3) is 21.6 Å². The van der Waals surface area contributed by atoms with E-state index in [2.05, 4.69) is 9.97 Å². The third-order valence-corrected chi connectivity index (χ3v) is 7.09. The number of nitrogens with one attached hydrogen (secondary N) is 1. The van der Waals surface area contributed by atoms with Crippen LogP contribution in [0.3, 0.4) is 0 Å². The van der Waals surface area contributed by atoms with Crippen molar-refractivity contribution >= 4 is 38.1 Å². The van der Waals surface area contributed by atoms with E-state index in [9.17, 15) is 8.42 Å². The van der Waals surface area contributed by atoms with Gasteiger partial charge in [0, 0.05) is 37.1 Å². The number of nitrogens with zero attached hydrogens (tertiary/aromatic N) is 3. The Bertz CT molecular complexity index is 957. The van der Waals surface area contributed by atoms with Gasteiger partial charge in [-0.2, -0.15) is 12.7 Å². The number of benzene rings is 1. The Morgan fingerprint density at radius 2 is 2.08 bits per heavy atom. The quantitative estimate of drug-likeness (QED) is 0.775. The van der Waals surface area contributed by atoms with Crippen LogP contribution < -0.4 is 4.31 Å². The number of aromatic nitrogens is 2. The second-order valence-electron chi connectivity index (χ2n) is 5.84.